The molecule has 0 saturated heterocycles. The molecule has 0 N–H and O–H groups in total. The van der Waals surface area contributed by atoms with Crippen molar-refractivity contribution in [1.29, 1.82) is 0 Å². The van der Waals surface area contributed by atoms with Crippen molar-refractivity contribution < 1.29 is 4.42 Å². The Morgan fingerprint density at radius 3 is 1.75 bits per heavy atom. The number of fused-ring (bicyclic) bond motifs is 7. The van der Waals surface area contributed by atoms with E-state index in [1.807, 2.05) is 12.1 Å². The smallest absolute Gasteiger partial charge is 0.135 e. The van der Waals surface area contributed by atoms with Gasteiger partial charge in [0.2, 0.25) is 0 Å². The van der Waals surface area contributed by atoms with Crippen LogP contribution in [0.3, 0.4) is 0 Å². The maximum absolute atomic E-state index is 6.13. The highest BCUT2D eigenvalue weighted by molar-refractivity contribution is 6.06. The Morgan fingerprint density at radius 2 is 0.923 bits per heavy atom. The topological polar surface area (TPSA) is 13.1 Å². The molecule has 1 atom stereocenters. The summed E-state index contributed by atoms with van der Waals surface area (Å²) < 4.78 is 6.13. The average Bonchev–Trinajstić information content (AvgIpc) is 3.85. The van der Waals surface area contributed by atoms with Gasteiger partial charge in [-0.25, -0.2) is 0 Å². The fourth-order valence-electron chi connectivity index (χ4n) is 10.6. The first-order valence-electron chi connectivity index (χ1n) is 23.0. The Balaban J connectivity index is 0.873. The number of hydrogen-bond donors (Lipinski definition) is 0. The second-order valence-electron chi connectivity index (χ2n) is 18.4. The van der Waals surface area contributed by atoms with E-state index in [0.717, 1.165) is 34.8 Å². The molecule has 0 spiro atoms. The maximum Gasteiger partial charge on any atom is 0.135 e. The molecule has 1 aliphatic rings. The van der Waals surface area contributed by atoms with Crippen LogP contribution in [-0.2, 0) is 11.8 Å². The van der Waals surface area contributed by atoms with Gasteiger partial charge in [-0.15, -0.1) is 0 Å². The van der Waals surface area contributed by atoms with Gasteiger partial charge in [0.1, 0.15) is 11.2 Å². The number of rotatable bonds is 9. The monoisotopic (exact) mass is 832 g/mol. The fraction of sp³-hybridized carbons (Fsp3) is 0.0938. The van der Waals surface area contributed by atoms with Crippen molar-refractivity contribution in [2.75, 3.05) is 0 Å². The Morgan fingerprint density at radius 1 is 0.369 bits per heavy atom. The normalized spacial score (nSPS) is 13.3. The molecule has 0 amide bonds. The van der Waals surface area contributed by atoms with E-state index in [9.17, 15) is 0 Å². The predicted octanol–water partition coefficient (Wildman–Crippen LogP) is 17.5. The molecule has 1 unspecified atom stereocenters. The van der Waals surface area contributed by atoms with E-state index >= 15 is 0 Å². The number of para-hydroxylation sites is 1. The third-order valence-electron chi connectivity index (χ3n) is 14.2. The van der Waals surface area contributed by atoms with Crippen LogP contribution in [0.15, 0.2) is 229 Å². The third kappa shape index (κ3) is 6.96. The highest BCUT2D eigenvalue weighted by Gasteiger charge is 2.36. The van der Waals surface area contributed by atoms with Crippen molar-refractivity contribution in [1.82, 2.24) is 0 Å². The lowest BCUT2D eigenvalue weighted by atomic mass is 9.79. The molecular formula is C64H48O. The standard InChI is InChI=1S/C64H48O/c1-64(2)60-40-50(43-12-4-3-5-13-43)31-35-56(60)57-36-32-52(41-61(57)64)53(34-24-42-22-25-44(26-23-42)49-33-37-63-59(39-49)58-19-8-9-21-62(58)65-63)47-29-27-45(28-30-47)48-16-10-17-51(38-48)55-20-11-15-46-14-6-7-18-54(46)55/h3-23,25-33,35-41,53H,24,34H2,1-2H3. The lowest BCUT2D eigenvalue weighted by Gasteiger charge is -2.25. The van der Waals surface area contributed by atoms with Crippen LogP contribution in [0.2, 0.25) is 0 Å². The first-order chi connectivity index (χ1) is 31.9. The van der Waals surface area contributed by atoms with Crippen LogP contribution in [0.4, 0.5) is 0 Å². The summed E-state index contributed by atoms with van der Waals surface area (Å²) in [5, 5.41) is 4.86. The third-order valence-corrected chi connectivity index (χ3v) is 14.2. The molecule has 1 heteroatoms. The van der Waals surface area contributed by atoms with Crippen LogP contribution >= 0.6 is 0 Å². The van der Waals surface area contributed by atoms with Crippen LogP contribution < -0.4 is 0 Å². The van der Waals surface area contributed by atoms with Gasteiger partial charge < -0.3 is 4.42 Å². The molecule has 0 aliphatic heterocycles. The lowest BCUT2D eigenvalue weighted by molar-refractivity contribution is 0.654. The van der Waals surface area contributed by atoms with Crippen LogP contribution in [-0.4, -0.2) is 0 Å². The van der Waals surface area contributed by atoms with Gasteiger partial charge in [-0.2, -0.15) is 0 Å². The van der Waals surface area contributed by atoms with Gasteiger partial charge in [-0.3, -0.25) is 0 Å². The molecule has 1 heterocycles. The summed E-state index contributed by atoms with van der Waals surface area (Å²) in [7, 11) is 0. The molecule has 0 saturated carbocycles. The van der Waals surface area contributed by atoms with E-state index in [-0.39, 0.29) is 11.3 Å². The number of furan rings is 1. The largest absolute Gasteiger partial charge is 0.456 e. The van der Waals surface area contributed by atoms with E-state index < -0.39 is 0 Å². The second-order valence-corrected chi connectivity index (χ2v) is 18.4. The summed E-state index contributed by atoms with van der Waals surface area (Å²) in [4.78, 5) is 0. The fourth-order valence-corrected chi connectivity index (χ4v) is 10.6. The molecule has 10 aromatic carbocycles. The van der Waals surface area contributed by atoms with Gasteiger partial charge in [-0.05, 0) is 137 Å². The Kier molecular flexibility index (Phi) is 9.46. The predicted molar refractivity (Wildman–Crippen MR) is 274 cm³/mol. The van der Waals surface area contributed by atoms with Crippen LogP contribution in [0, 0.1) is 0 Å². The quantitative estimate of drug-likeness (QED) is 0.141. The lowest BCUT2D eigenvalue weighted by Crippen LogP contribution is -2.16. The maximum atomic E-state index is 6.13. The minimum atomic E-state index is -0.128. The van der Waals surface area contributed by atoms with Crippen molar-refractivity contribution in [3.8, 4) is 55.6 Å². The summed E-state index contributed by atoms with van der Waals surface area (Å²) >= 11 is 0. The van der Waals surface area contributed by atoms with E-state index in [1.54, 1.807) is 0 Å². The van der Waals surface area contributed by atoms with Crippen LogP contribution in [0.1, 0.15) is 54.0 Å². The first kappa shape index (κ1) is 38.9. The van der Waals surface area contributed by atoms with Gasteiger partial charge in [-0.1, -0.05) is 208 Å². The van der Waals surface area contributed by atoms with Gasteiger partial charge in [0, 0.05) is 22.1 Å². The van der Waals surface area contributed by atoms with E-state index in [0.29, 0.717) is 0 Å². The summed E-state index contributed by atoms with van der Waals surface area (Å²) in [5.74, 6) is 0.215. The molecule has 12 rings (SSSR count). The molecule has 65 heavy (non-hydrogen) atoms. The van der Waals surface area contributed by atoms with Crippen molar-refractivity contribution in [3.63, 3.8) is 0 Å². The summed E-state index contributed by atoms with van der Waals surface area (Å²) in [5.41, 5.74) is 21.2. The Bertz CT molecular complexity index is 3550. The highest BCUT2D eigenvalue weighted by atomic mass is 16.3. The van der Waals surface area contributed by atoms with Crippen molar-refractivity contribution in [3.05, 3.63) is 252 Å². The van der Waals surface area contributed by atoms with Gasteiger partial charge in [0.05, 0.1) is 0 Å². The van der Waals surface area contributed by atoms with Gasteiger partial charge in [0.25, 0.3) is 0 Å². The van der Waals surface area contributed by atoms with Crippen molar-refractivity contribution in [2.45, 2.75) is 38.0 Å². The minimum Gasteiger partial charge on any atom is -0.456 e. The average molecular weight is 833 g/mol. The Hall–Kier alpha value is -7.74. The van der Waals surface area contributed by atoms with E-state index in [4.69, 9.17) is 4.42 Å². The van der Waals surface area contributed by atoms with Crippen LogP contribution in [0.25, 0.3) is 88.3 Å². The number of benzene rings is 10. The van der Waals surface area contributed by atoms with E-state index in [2.05, 4.69) is 226 Å². The van der Waals surface area contributed by atoms with Gasteiger partial charge in [0.15, 0.2) is 0 Å². The van der Waals surface area contributed by atoms with Crippen molar-refractivity contribution in [2.24, 2.45) is 0 Å². The molecule has 11 aromatic rings. The molecule has 1 aliphatic carbocycles. The molecule has 0 radical (unpaired) electrons. The summed E-state index contributed by atoms with van der Waals surface area (Å²) in [6, 6.07) is 82.9. The molecular weight excluding hydrogens is 785 g/mol. The molecule has 310 valence electrons. The second kappa shape index (κ2) is 15.8. The number of hydrogen-bond acceptors (Lipinski definition) is 1. The zero-order chi connectivity index (χ0) is 43.5. The molecule has 1 nitrogen and oxygen atoms in total. The summed E-state index contributed by atoms with van der Waals surface area (Å²) in [6.45, 7) is 4.81. The number of aryl methyl sites for hydroxylation is 1. The van der Waals surface area contributed by atoms with Gasteiger partial charge >= 0.3 is 0 Å². The Labute approximate surface area is 381 Å². The van der Waals surface area contributed by atoms with Crippen LogP contribution in [0.5, 0.6) is 0 Å². The highest BCUT2D eigenvalue weighted by Crippen LogP contribution is 2.51. The molecule has 0 bridgehead atoms. The van der Waals surface area contributed by atoms with Crippen molar-refractivity contribution >= 4 is 32.7 Å². The zero-order valence-corrected chi connectivity index (χ0v) is 36.8. The molecule has 1 aromatic heterocycles. The molecule has 0 fully saturated rings. The summed E-state index contributed by atoms with van der Waals surface area (Å²) in [6.07, 6.45) is 1.96. The minimum absolute atomic E-state index is 0.128. The SMILES string of the molecule is CC1(C)c2cc(-c3ccccc3)ccc2-c2ccc(C(CCc3ccc(-c4ccc5oc6ccccc6c5c4)cc3)c3ccc(-c4cccc(-c5cccc6ccccc56)c4)cc3)cc21. The van der Waals surface area contributed by atoms with E-state index in [1.165, 1.54) is 94.2 Å². The first-order valence-corrected chi connectivity index (χ1v) is 23.0. The zero-order valence-electron chi connectivity index (χ0n) is 36.8.